The Morgan fingerprint density at radius 3 is 2.95 bits per heavy atom. The maximum atomic E-state index is 11.2. The van der Waals surface area contributed by atoms with Gasteiger partial charge in [0.2, 0.25) is 0 Å². The normalized spacial score (nSPS) is 22.6. The van der Waals surface area contributed by atoms with Gasteiger partial charge in [-0.05, 0) is 49.8 Å². The van der Waals surface area contributed by atoms with Gasteiger partial charge in [0.05, 0.1) is 16.6 Å². The van der Waals surface area contributed by atoms with Gasteiger partial charge in [-0.1, -0.05) is 19.8 Å². The molecule has 0 saturated heterocycles. The van der Waals surface area contributed by atoms with Crippen molar-refractivity contribution in [1.29, 1.82) is 0 Å². The third kappa shape index (κ3) is 2.80. The van der Waals surface area contributed by atoms with E-state index in [1.165, 1.54) is 25.7 Å². The summed E-state index contributed by atoms with van der Waals surface area (Å²) in [7, 11) is 0. The minimum Gasteiger partial charge on any atom is -0.478 e. The summed E-state index contributed by atoms with van der Waals surface area (Å²) in [6.07, 6.45) is 5.17. The predicted octanol–water partition coefficient (Wildman–Crippen LogP) is 3.87. The first-order valence-electron chi connectivity index (χ1n) is 7.75. The summed E-state index contributed by atoms with van der Waals surface area (Å²) >= 11 is 0. The molecule has 1 N–H and O–H groups in total. The van der Waals surface area contributed by atoms with Gasteiger partial charge in [0, 0.05) is 6.54 Å². The van der Waals surface area contributed by atoms with Crippen molar-refractivity contribution in [3.05, 3.63) is 29.6 Å². The predicted molar refractivity (Wildman–Crippen MR) is 82.6 cm³/mol. The molecule has 21 heavy (non-hydrogen) atoms. The number of carbonyl (C=O) groups is 1. The summed E-state index contributed by atoms with van der Waals surface area (Å²) in [4.78, 5) is 15.7. The molecule has 4 nitrogen and oxygen atoms in total. The highest BCUT2D eigenvalue weighted by Gasteiger charge is 2.21. The van der Waals surface area contributed by atoms with E-state index < -0.39 is 5.97 Å². The van der Waals surface area contributed by atoms with Crippen LogP contribution in [-0.2, 0) is 6.54 Å². The van der Waals surface area contributed by atoms with Crippen LogP contribution in [0.25, 0.3) is 11.0 Å². The first kappa shape index (κ1) is 14.1. The number of aromatic carboxylic acids is 1. The summed E-state index contributed by atoms with van der Waals surface area (Å²) < 4.78 is 2.20. The summed E-state index contributed by atoms with van der Waals surface area (Å²) in [5.74, 6) is 1.58. The van der Waals surface area contributed by atoms with Crippen LogP contribution in [-0.4, -0.2) is 20.6 Å². The van der Waals surface area contributed by atoms with Crippen molar-refractivity contribution in [3.63, 3.8) is 0 Å². The Morgan fingerprint density at radius 1 is 1.43 bits per heavy atom. The Labute approximate surface area is 124 Å². The van der Waals surface area contributed by atoms with Gasteiger partial charge in [0.1, 0.15) is 5.82 Å². The van der Waals surface area contributed by atoms with Gasteiger partial charge in [-0.15, -0.1) is 0 Å². The number of aryl methyl sites for hydroxylation is 1. The van der Waals surface area contributed by atoms with E-state index in [1.54, 1.807) is 12.1 Å². The van der Waals surface area contributed by atoms with Crippen LogP contribution in [0.1, 0.15) is 48.8 Å². The number of hydrogen-bond donors (Lipinski definition) is 1. The van der Waals surface area contributed by atoms with Crippen molar-refractivity contribution in [2.45, 2.75) is 46.1 Å². The molecule has 1 fully saturated rings. The molecule has 0 amide bonds. The molecule has 0 aliphatic heterocycles. The van der Waals surface area contributed by atoms with Crippen molar-refractivity contribution in [2.24, 2.45) is 11.8 Å². The van der Waals surface area contributed by atoms with Gasteiger partial charge in [-0.25, -0.2) is 9.78 Å². The standard InChI is InChI=1S/C17H22N2O2/c1-11-4-3-5-13(8-11)10-19-12(2)18-15-7-6-14(17(20)21)9-16(15)19/h6-7,9,11,13H,3-5,8,10H2,1-2H3,(H,20,21). The summed E-state index contributed by atoms with van der Waals surface area (Å²) in [6, 6.07) is 5.19. The quantitative estimate of drug-likeness (QED) is 0.931. The molecule has 1 aromatic heterocycles. The third-order valence-electron chi connectivity index (χ3n) is 4.67. The van der Waals surface area contributed by atoms with E-state index in [1.807, 2.05) is 13.0 Å². The van der Waals surface area contributed by atoms with E-state index in [-0.39, 0.29) is 0 Å². The zero-order valence-corrected chi connectivity index (χ0v) is 12.7. The molecule has 2 atom stereocenters. The largest absolute Gasteiger partial charge is 0.478 e. The van der Waals surface area contributed by atoms with E-state index in [4.69, 9.17) is 5.11 Å². The topological polar surface area (TPSA) is 55.1 Å². The smallest absolute Gasteiger partial charge is 0.335 e. The fourth-order valence-electron chi connectivity index (χ4n) is 3.59. The molecule has 4 heteroatoms. The Kier molecular flexibility index (Phi) is 3.70. The van der Waals surface area contributed by atoms with E-state index in [0.717, 1.165) is 29.3 Å². The number of fused-ring (bicyclic) bond motifs is 1. The lowest BCUT2D eigenvalue weighted by atomic mass is 9.82. The number of aromatic nitrogens is 2. The number of nitrogens with zero attached hydrogens (tertiary/aromatic N) is 2. The van der Waals surface area contributed by atoms with E-state index in [9.17, 15) is 4.79 Å². The molecule has 3 rings (SSSR count). The van der Waals surface area contributed by atoms with Gasteiger partial charge in [0.25, 0.3) is 0 Å². The number of carboxylic acids is 1. The van der Waals surface area contributed by atoms with Crippen LogP contribution in [0.4, 0.5) is 0 Å². The van der Waals surface area contributed by atoms with E-state index in [2.05, 4.69) is 16.5 Å². The molecule has 2 unspecified atom stereocenters. The molecule has 0 radical (unpaired) electrons. The molecule has 1 aliphatic carbocycles. The van der Waals surface area contributed by atoms with Gasteiger partial charge >= 0.3 is 5.97 Å². The fourth-order valence-corrected chi connectivity index (χ4v) is 3.59. The fraction of sp³-hybridized carbons (Fsp3) is 0.529. The summed E-state index contributed by atoms with van der Waals surface area (Å²) in [6.45, 7) is 5.29. The first-order chi connectivity index (χ1) is 10.0. The average Bonchev–Trinajstić information content (AvgIpc) is 2.74. The summed E-state index contributed by atoms with van der Waals surface area (Å²) in [5, 5.41) is 9.17. The van der Waals surface area contributed by atoms with Crippen LogP contribution in [0.5, 0.6) is 0 Å². The Morgan fingerprint density at radius 2 is 2.24 bits per heavy atom. The second-order valence-electron chi connectivity index (χ2n) is 6.42. The van der Waals surface area contributed by atoms with Crippen LogP contribution < -0.4 is 0 Å². The molecule has 112 valence electrons. The van der Waals surface area contributed by atoms with Crippen LogP contribution >= 0.6 is 0 Å². The van der Waals surface area contributed by atoms with Crippen molar-refractivity contribution in [3.8, 4) is 0 Å². The first-order valence-corrected chi connectivity index (χ1v) is 7.75. The van der Waals surface area contributed by atoms with Crippen LogP contribution in [0.2, 0.25) is 0 Å². The highest BCUT2D eigenvalue weighted by atomic mass is 16.4. The molecule has 1 saturated carbocycles. The Hall–Kier alpha value is -1.84. The van der Waals surface area contributed by atoms with Crippen molar-refractivity contribution >= 4 is 17.0 Å². The lowest BCUT2D eigenvalue weighted by molar-refractivity contribution is 0.0697. The molecule has 2 aromatic rings. The number of rotatable bonds is 3. The van der Waals surface area contributed by atoms with E-state index >= 15 is 0 Å². The van der Waals surface area contributed by atoms with Crippen molar-refractivity contribution < 1.29 is 9.90 Å². The highest BCUT2D eigenvalue weighted by molar-refractivity contribution is 5.92. The van der Waals surface area contributed by atoms with Gasteiger partial charge < -0.3 is 9.67 Å². The van der Waals surface area contributed by atoms with Gasteiger partial charge in [-0.2, -0.15) is 0 Å². The number of benzene rings is 1. The SMILES string of the molecule is Cc1nc2ccc(C(=O)O)cc2n1CC1CCCC(C)C1. The Bertz CT molecular complexity index is 675. The number of hydrogen-bond acceptors (Lipinski definition) is 2. The zero-order valence-electron chi connectivity index (χ0n) is 12.7. The minimum atomic E-state index is -0.881. The Balaban J connectivity index is 1.94. The average molecular weight is 286 g/mol. The van der Waals surface area contributed by atoms with E-state index in [0.29, 0.717) is 11.5 Å². The second kappa shape index (κ2) is 5.51. The molecule has 1 heterocycles. The zero-order chi connectivity index (χ0) is 15.0. The molecule has 1 aliphatic rings. The molecule has 1 aromatic carbocycles. The van der Waals surface area contributed by atoms with Crippen LogP contribution in [0.3, 0.4) is 0 Å². The maximum Gasteiger partial charge on any atom is 0.335 e. The van der Waals surface area contributed by atoms with Crippen LogP contribution in [0, 0.1) is 18.8 Å². The third-order valence-corrected chi connectivity index (χ3v) is 4.67. The lowest BCUT2D eigenvalue weighted by Gasteiger charge is -2.27. The van der Waals surface area contributed by atoms with Crippen LogP contribution in [0.15, 0.2) is 18.2 Å². The number of carboxylic acid groups (broad SMARTS) is 1. The van der Waals surface area contributed by atoms with Crippen molar-refractivity contribution in [1.82, 2.24) is 9.55 Å². The van der Waals surface area contributed by atoms with Gasteiger partial charge in [-0.3, -0.25) is 0 Å². The second-order valence-corrected chi connectivity index (χ2v) is 6.42. The lowest BCUT2D eigenvalue weighted by Crippen LogP contribution is -2.19. The number of imidazole rings is 1. The highest BCUT2D eigenvalue weighted by Crippen LogP contribution is 2.31. The van der Waals surface area contributed by atoms with Crippen molar-refractivity contribution in [2.75, 3.05) is 0 Å². The molecule has 0 bridgehead atoms. The van der Waals surface area contributed by atoms with Gasteiger partial charge in [0.15, 0.2) is 0 Å². The summed E-state index contributed by atoms with van der Waals surface area (Å²) in [5.41, 5.74) is 2.17. The molecular weight excluding hydrogens is 264 g/mol. The molecule has 0 spiro atoms. The minimum absolute atomic E-state index is 0.334. The molecular formula is C17H22N2O2. The maximum absolute atomic E-state index is 11.2. The monoisotopic (exact) mass is 286 g/mol.